The Balaban J connectivity index is 1.76. The van der Waals surface area contributed by atoms with Crippen molar-refractivity contribution in [3.63, 3.8) is 0 Å². The summed E-state index contributed by atoms with van der Waals surface area (Å²) in [7, 11) is 0. The maximum Gasteiger partial charge on any atom is 0.251 e. The number of carbonyl (C=O) groups is 3. The molecule has 1 N–H and O–H groups in total. The molecule has 1 aromatic carbocycles. The lowest BCUT2D eigenvalue weighted by atomic mass is 9.66. The van der Waals surface area contributed by atoms with E-state index in [0.717, 1.165) is 32.1 Å². The zero-order chi connectivity index (χ0) is 29.8. The average Bonchev–Trinajstić information content (AvgIpc) is 3.52. The molecular weight excluding hydrogens is 558 g/mol. The van der Waals surface area contributed by atoms with E-state index in [0.29, 0.717) is 43.2 Å². The quantitative estimate of drug-likeness (QED) is 0.217. The van der Waals surface area contributed by atoms with Crippen molar-refractivity contribution in [3.05, 3.63) is 54.6 Å². The Labute approximate surface area is 254 Å². The number of rotatable bonds is 15. The van der Waals surface area contributed by atoms with E-state index in [1.54, 1.807) is 39.8 Å². The summed E-state index contributed by atoms with van der Waals surface area (Å²) in [5.74, 6) is -1.33. The number of carbonyl (C=O) groups excluding carboxylic acids is 3. The van der Waals surface area contributed by atoms with E-state index in [9.17, 15) is 19.5 Å². The number of aliphatic hydroxyl groups is 1. The Kier molecular flexibility index (Phi) is 10.3. The van der Waals surface area contributed by atoms with Crippen LogP contribution in [0.2, 0.25) is 5.02 Å². The van der Waals surface area contributed by atoms with Crippen LogP contribution in [0.1, 0.15) is 58.8 Å². The molecule has 2 unspecified atom stereocenters. The van der Waals surface area contributed by atoms with E-state index in [-0.39, 0.29) is 30.9 Å². The number of benzene rings is 1. The monoisotopic (exact) mass is 601 g/mol. The molecule has 2 bridgehead atoms. The molecule has 3 saturated heterocycles. The Bertz CT molecular complexity index is 1160. The summed E-state index contributed by atoms with van der Waals surface area (Å²) in [6.45, 7) is 13.8. The predicted molar refractivity (Wildman–Crippen MR) is 167 cm³/mol. The van der Waals surface area contributed by atoms with Crippen molar-refractivity contribution >= 4 is 46.8 Å². The van der Waals surface area contributed by atoms with Crippen LogP contribution < -0.4 is 4.90 Å². The highest BCUT2D eigenvalue weighted by molar-refractivity contribution is 8.02. The summed E-state index contributed by atoms with van der Waals surface area (Å²) in [6, 6.07) is 6.54. The second kappa shape index (κ2) is 13.3. The van der Waals surface area contributed by atoms with E-state index in [1.165, 1.54) is 0 Å². The summed E-state index contributed by atoms with van der Waals surface area (Å²) in [5.41, 5.74) is 0.589. The van der Waals surface area contributed by atoms with Gasteiger partial charge in [0, 0.05) is 37.5 Å². The van der Waals surface area contributed by atoms with Crippen LogP contribution in [0.4, 0.5) is 5.69 Å². The number of fused-ring (bicyclic) bond motifs is 1. The maximum atomic E-state index is 14.7. The highest BCUT2D eigenvalue weighted by Gasteiger charge is 2.77. The summed E-state index contributed by atoms with van der Waals surface area (Å²) in [5, 5.41) is 9.66. The summed E-state index contributed by atoms with van der Waals surface area (Å²) in [4.78, 5) is 48.6. The minimum atomic E-state index is -0.710. The Morgan fingerprint density at radius 2 is 1.83 bits per heavy atom. The third-order valence-electron chi connectivity index (χ3n) is 8.96. The average molecular weight is 602 g/mol. The molecule has 1 spiro atoms. The van der Waals surface area contributed by atoms with Crippen molar-refractivity contribution in [2.75, 3.05) is 37.7 Å². The SMILES string of the molecule is C=CCN(CCC)C(=O)[C@@H]1[C@H]2C(=O)N(CCCCCCO)C(C(=O)N(CC=C)c3ccccc3Cl)C23CC[C@@]1(C)S3. The first-order chi connectivity index (χ1) is 19.7. The van der Waals surface area contributed by atoms with Gasteiger partial charge in [0.15, 0.2) is 0 Å². The summed E-state index contributed by atoms with van der Waals surface area (Å²) >= 11 is 8.27. The van der Waals surface area contributed by atoms with Gasteiger partial charge in [0.1, 0.15) is 6.04 Å². The molecule has 3 aliphatic rings. The fraction of sp³-hybridized carbons (Fsp3) is 0.594. The molecule has 41 heavy (non-hydrogen) atoms. The van der Waals surface area contributed by atoms with Crippen molar-refractivity contribution in [2.24, 2.45) is 11.8 Å². The third kappa shape index (κ3) is 5.72. The van der Waals surface area contributed by atoms with Gasteiger partial charge in [-0.25, -0.2) is 0 Å². The van der Waals surface area contributed by atoms with E-state index in [1.807, 2.05) is 30.0 Å². The number of thioether (sulfide) groups is 1. The van der Waals surface area contributed by atoms with Crippen LogP contribution in [-0.2, 0) is 14.4 Å². The molecule has 5 atom stereocenters. The fourth-order valence-electron chi connectivity index (χ4n) is 7.24. The smallest absolute Gasteiger partial charge is 0.251 e. The number of amides is 3. The van der Waals surface area contributed by atoms with Gasteiger partial charge in [0.25, 0.3) is 5.91 Å². The van der Waals surface area contributed by atoms with E-state index in [2.05, 4.69) is 20.1 Å². The lowest BCUT2D eigenvalue weighted by Gasteiger charge is -2.38. The molecule has 0 saturated carbocycles. The van der Waals surface area contributed by atoms with Crippen LogP contribution in [0.25, 0.3) is 0 Å². The molecule has 0 aromatic heterocycles. The van der Waals surface area contributed by atoms with Crippen molar-refractivity contribution in [3.8, 4) is 0 Å². The topological polar surface area (TPSA) is 81.2 Å². The Hall–Kier alpha value is -2.29. The molecule has 3 heterocycles. The first-order valence-corrected chi connectivity index (χ1v) is 16.1. The second-order valence-corrected chi connectivity index (χ2v) is 14.0. The van der Waals surface area contributed by atoms with Crippen molar-refractivity contribution < 1.29 is 19.5 Å². The summed E-state index contributed by atoms with van der Waals surface area (Å²) in [6.07, 6.45) is 8.85. The van der Waals surface area contributed by atoms with Crippen molar-refractivity contribution in [1.82, 2.24) is 9.80 Å². The number of unbranched alkanes of at least 4 members (excludes halogenated alkanes) is 3. The number of likely N-dealkylation sites (tertiary alicyclic amines) is 1. The van der Waals surface area contributed by atoms with Gasteiger partial charge in [-0.15, -0.1) is 24.9 Å². The van der Waals surface area contributed by atoms with Gasteiger partial charge in [-0.3, -0.25) is 14.4 Å². The fourth-order valence-corrected chi connectivity index (χ4v) is 9.82. The van der Waals surface area contributed by atoms with Crippen LogP contribution in [0.15, 0.2) is 49.6 Å². The van der Waals surface area contributed by atoms with E-state index in [4.69, 9.17) is 11.6 Å². The molecule has 4 rings (SSSR count). The van der Waals surface area contributed by atoms with E-state index >= 15 is 0 Å². The molecule has 9 heteroatoms. The lowest BCUT2D eigenvalue weighted by molar-refractivity contribution is -0.145. The lowest BCUT2D eigenvalue weighted by Crippen LogP contribution is -2.55. The number of hydrogen-bond acceptors (Lipinski definition) is 5. The van der Waals surface area contributed by atoms with Gasteiger partial charge in [-0.1, -0.05) is 55.7 Å². The molecule has 0 radical (unpaired) electrons. The highest BCUT2D eigenvalue weighted by Crippen LogP contribution is 2.71. The van der Waals surface area contributed by atoms with Gasteiger partial charge in [-0.05, 0) is 51.2 Å². The molecule has 1 aromatic rings. The number of anilines is 1. The number of nitrogens with zero attached hydrogens (tertiary/aromatic N) is 3. The second-order valence-electron chi connectivity index (χ2n) is 11.7. The number of hydrogen-bond donors (Lipinski definition) is 1. The highest BCUT2D eigenvalue weighted by atomic mass is 35.5. The molecule has 3 fully saturated rings. The first kappa shape index (κ1) is 31.6. The Morgan fingerprint density at radius 3 is 2.49 bits per heavy atom. The van der Waals surface area contributed by atoms with E-state index < -0.39 is 27.4 Å². The molecule has 0 aliphatic carbocycles. The van der Waals surface area contributed by atoms with Gasteiger partial charge in [0.05, 0.1) is 27.3 Å². The van der Waals surface area contributed by atoms with Crippen LogP contribution in [0.5, 0.6) is 0 Å². The minimum absolute atomic E-state index is 0.00767. The van der Waals surface area contributed by atoms with Gasteiger partial charge in [0.2, 0.25) is 11.8 Å². The van der Waals surface area contributed by atoms with Gasteiger partial charge < -0.3 is 19.8 Å². The van der Waals surface area contributed by atoms with Crippen LogP contribution in [0.3, 0.4) is 0 Å². The number of para-hydroxylation sites is 1. The molecule has 3 aliphatic heterocycles. The molecule has 224 valence electrons. The number of halogens is 1. The Morgan fingerprint density at radius 1 is 1.12 bits per heavy atom. The number of aliphatic hydroxyl groups excluding tert-OH is 1. The van der Waals surface area contributed by atoms with Crippen molar-refractivity contribution in [1.29, 1.82) is 0 Å². The van der Waals surface area contributed by atoms with Gasteiger partial charge >= 0.3 is 0 Å². The first-order valence-electron chi connectivity index (χ1n) is 14.9. The largest absolute Gasteiger partial charge is 0.396 e. The zero-order valence-corrected chi connectivity index (χ0v) is 26.0. The predicted octanol–water partition coefficient (Wildman–Crippen LogP) is 5.32. The minimum Gasteiger partial charge on any atom is -0.396 e. The third-order valence-corrected chi connectivity index (χ3v) is 11.3. The van der Waals surface area contributed by atoms with Gasteiger partial charge in [-0.2, -0.15) is 0 Å². The van der Waals surface area contributed by atoms with Crippen LogP contribution in [-0.4, -0.2) is 80.9 Å². The standard InChI is InChI=1S/C32H44ClN3O4S/c1-5-18-34(19-6-2)28(38)25-26-29(39)36(21-12-8-9-13-22-37)27(32(26)17-16-31(25,4)41-32)30(40)35(20-7-3)24-15-11-10-14-23(24)33/h5,7,10-11,14-15,25-27,37H,1,3,6,8-9,12-13,16-22H2,2,4H3/t25-,26-,27?,31+,32?/m0/s1. The molecule has 7 nitrogen and oxygen atoms in total. The molecular formula is C32H44ClN3O4S. The summed E-state index contributed by atoms with van der Waals surface area (Å²) < 4.78 is -1.12. The van der Waals surface area contributed by atoms with Crippen molar-refractivity contribution in [2.45, 2.75) is 74.3 Å². The molecule has 3 amide bonds. The maximum absolute atomic E-state index is 14.7. The van der Waals surface area contributed by atoms with Crippen LogP contribution in [0, 0.1) is 11.8 Å². The zero-order valence-electron chi connectivity index (χ0n) is 24.4. The van der Waals surface area contributed by atoms with Crippen LogP contribution >= 0.6 is 23.4 Å². The normalized spacial score (nSPS) is 28.0.